The third-order valence-electron chi connectivity index (χ3n) is 13.2. The Labute approximate surface area is 346 Å². The van der Waals surface area contributed by atoms with E-state index in [2.05, 4.69) is 69.8 Å². The lowest BCUT2D eigenvalue weighted by molar-refractivity contribution is -0.136. The summed E-state index contributed by atoms with van der Waals surface area (Å²) in [5, 5.41) is 5.56. The molecule has 312 valence electrons. The number of unbranched alkanes of at least 4 members (excludes halogenated alkanes) is 4. The van der Waals surface area contributed by atoms with E-state index in [0.717, 1.165) is 106 Å². The number of nitrogens with one attached hydrogen (secondary N) is 2. The molecule has 0 aromatic heterocycles. The van der Waals surface area contributed by atoms with Crippen LogP contribution in [0.3, 0.4) is 0 Å². The molecule has 0 spiro atoms. The lowest BCUT2D eigenvalue weighted by atomic mass is 9.93. The summed E-state index contributed by atoms with van der Waals surface area (Å²) in [4.78, 5) is 73.2. The van der Waals surface area contributed by atoms with E-state index >= 15 is 0 Å². The highest BCUT2D eigenvalue weighted by molar-refractivity contribution is 6.23. The molecular formula is C46H56FN7O5. The van der Waals surface area contributed by atoms with Gasteiger partial charge in [0, 0.05) is 93.6 Å². The Bertz CT molecular complexity index is 2080. The maximum absolute atomic E-state index is 14.9. The normalized spacial score (nSPS) is 23.3. The number of likely N-dealkylation sites (tertiary alicyclic amines) is 1. The molecule has 0 saturated carbocycles. The summed E-state index contributed by atoms with van der Waals surface area (Å²) < 4.78 is 14.9. The van der Waals surface area contributed by atoms with Crippen molar-refractivity contribution in [1.82, 2.24) is 24.9 Å². The molecule has 3 aromatic carbocycles. The smallest absolute Gasteiger partial charge is 0.262 e. The molecule has 0 bridgehead atoms. The zero-order valence-corrected chi connectivity index (χ0v) is 34.3. The number of rotatable bonds is 14. The second kappa shape index (κ2) is 17.6. The molecule has 4 aliphatic heterocycles. The fraction of sp³-hybridized carbons (Fsp3) is 0.500. The lowest BCUT2D eigenvalue weighted by Crippen LogP contribution is -2.54. The van der Waals surface area contributed by atoms with Crippen LogP contribution >= 0.6 is 0 Å². The number of likely N-dealkylation sites (N-methyl/N-ethyl adjacent to an activating group) is 1. The Balaban J connectivity index is 0.723. The van der Waals surface area contributed by atoms with Crippen molar-refractivity contribution >= 4 is 40.9 Å². The molecule has 12 nitrogen and oxygen atoms in total. The Morgan fingerprint density at radius 3 is 2.31 bits per heavy atom. The average molecular weight is 806 g/mol. The van der Waals surface area contributed by atoms with Gasteiger partial charge in [0.2, 0.25) is 17.7 Å². The van der Waals surface area contributed by atoms with Crippen LogP contribution in [0.2, 0.25) is 0 Å². The highest BCUT2D eigenvalue weighted by Gasteiger charge is 2.45. The summed E-state index contributed by atoms with van der Waals surface area (Å²) in [5.74, 6) is -1.53. The van der Waals surface area contributed by atoms with E-state index in [9.17, 15) is 28.4 Å². The number of carbonyl (C=O) groups excluding carboxylic acids is 5. The molecule has 4 heterocycles. The first-order valence-corrected chi connectivity index (χ1v) is 21.5. The van der Waals surface area contributed by atoms with Gasteiger partial charge in [-0.1, -0.05) is 43.5 Å². The Morgan fingerprint density at radius 2 is 1.54 bits per heavy atom. The van der Waals surface area contributed by atoms with Crippen molar-refractivity contribution in [2.24, 2.45) is 0 Å². The van der Waals surface area contributed by atoms with Gasteiger partial charge in [0.15, 0.2) is 0 Å². The van der Waals surface area contributed by atoms with Gasteiger partial charge in [0.25, 0.3) is 11.8 Å². The molecule has 8 rings (SSSR count). The van der Waals surface area contributed by atoms with Crippen molar-refractivity contribution in [2.45, 2.75) is 88.3 Å². The van der Waals surface area contributed by atoms with Crippen molar-refractivity contribution in [3.05, 3.63) is 94.3 Å². The van der Waals surface area contributed by atoms with Crippen LogP contribution in [-0.4, -0.2) is 121 Å². The third kappa shape index (κ3) is 8.50. The molecule has 59 heavy (non-hydrogen) atoms. The number of anilines is 2. The van der Waals surface area contributed by atoms with Gasteiger partial charge in [-0.25, -0.2) is 4.39 Å². The molecule has 2 unspecified atom stereocenters. The van der Waals surface area contributed by atoms with Crippen LogP contribution in [-0.2, 0) is 20.8 Å². The minimum atomic E-state index is -0.976. The number of benzene rings is 3. The molecule has 2 N–H and O–H groups in total. The summed E-state index contributed by atoms with van der Waals surface area (Å²) in [6.07, 6.45) is 7.51. The minimum absolute atomic E-state index is 0.0698. The summed E-state index contributed by atoms with van der Waals surface area (Å²) in [6, 6.07) is 19.1. The van der Waals surface area contributed by atoms with Crippen molar-refractivity contribution in [3.63, 3.8) is 0 Å². The van der Waals surface area contributed by atoms with Crippen LogP contribution in [0.25, 0.3) is 0 Å². The molecule has 4 atom stereocenters. The number of imide groups is 2. The van der Waals surface area contributed by atoms with Crippen LogP contribution in [0.1, 0.15) is 107 Å². The van der Waals surface area contributed by atoms with Crippen LogP contribution in [0.15, 0.2) is 60.7 Å². The summed E-state index contributed by atoms with van der Waals surface area (Å²) in [7, 11) is 4.30. The fourth-order valence-corrected chi connectivity index (χ4v) is 9.95. The van der Waals surface area contributed by atoms with Crippen LogP contribution in [0.4, 0.5) is 15.8 Å². The Kier molecular flexibility index (Phi) is 12.1. The van der Waals surface area contributed by atoms with E-state index in [0.29, 0.717) is 24.9 Å². The molecule has 5 amide bonds. The summed E-state index contributed by atoms with van der Waals surface area (Å²) >= 11 is 0. The predicted octanol–water partition coefficient (Wildman–Crippen LogP) is 5.35. The maximum Gasteiger partial charge on any atom is 0.262 e. The largest absolute Gasteiger partial charge is 0.385 e. The fourth-order valence-electron chi connectivity index (χ4n) is 9.95. The van der Waals surface area contributed by atoms with E-state index in [1.54, 1.807) is 24.3 Å². The van der Waals surface area contributed by atoms with Gasteiger partial charge >= 0.3 is 0 Å². The van der Waals surface area contributed by atoms with E-state index in [1.165, 1.54) is 11.3 Å². The van der Waals surface area contributed by atoms with E-state index < -0.39 is 29.7 Å². The first kappa shape index (κ1) is 40.6. The number of piperazine rings is 1. The maximum atomic E-state index is 14.9. The van der Waals surface area contributed by atoms with E-state index in [1.807, 2.05) is 11.0 Å². The SMILES string of the molecule is CN(C)[C@H]1CN(C2CCc3cccc(F)c32)C[C@@H]1c1ccc(N2CCN(C(=O)CCCCCCCNc3ccc4c(c3)C(=O)N(C3CCC(=O)NC3=O)C4=O)CC2)cc1. The van der Waals surface area contributed by atoms with Gasteiger partial charge in [0.05, 0.1) is 11.1 Å². The van der Waals surface area contributed by atoms with Crippen molar-refractivity contribution in [3.8, 4) is 0 Å². The van der Waals surface area contributed by atoms with Crippen LogP contribution in [0, 0.1) is 5.82 Å². The topological polar surface area (TPSA) is 126 Å². The third-order valence-corrected chi connectivity index (χ3v) is 13.2. The second-order valence-corrected chi connectivity index (χ2v) is 17.1. The summed E-state index contributed by atoms with van der Waals surface area (Å²) in [6.45, 7) is 5.63. The number of halogens is 1. The number of nitrogens with zero attached hydrogens (tertiary/aromatic N) is 5. The zero-order valence-electron chi connectivity index (χ0n) is 34.3. The van der Waals surface area contributed by atoms with E-state index in [-0.39, 0.29) is 41.7 Å². The van der Waals surface area contributed by atoms with Crippen molar-refractivity contribution in [1.29, 1.82) is 0 Å². The first-order valence-electron chi connectivity index (χ1n) is 21.5. The van der Waals surface area contributed by atoms with E-state index in [4.69, 9.17) is 0 Å². The highest BCUT2D eigenvalue weighted by atomic mass is 19.1. The van der Waals surface area contributed by atoms with Gasteiger partial charge in [0.1, 0.15) is 11.9 Å². The van der Waals surface area contributed by atoms with Gasteiger partial charge < -0.3 is 20.0 Å². The zero-order chi connectivity index (χ0) is 41.2. The molecule has 3 aromatic rings. The van der Waals surface area contributed by atoms with Crippen LogP contribution in [0.5, 0.6) is 0 Å². The molecule has 3 saturated heterocycles. The molecule has 5 aliphatic rings. The molecule has 0 radical (unpaired) electrons. The lowest BCUT2D eigenvalue weighted by Gasteiger charge is -2.36. The molecule has 13 heteroatoms. The van der Waals surface area contributed by atoms with Crippen molar-refractivity contribution in [2.75, 3.05) is 70.1 Å². The standard InChI is InChI=1S/C46H56FN7O5/c1-50(2)40-29-53(38-19-14-31-9-8-10-37(47)43(31)38)28-36(40)30-12-16-33(17-13-30)51-23-25-52(26-24-51)42(56)11-6-4-3-5-7-22-48-32-15-18-34-35(27-32)46(59)54(45(34)58)39-20-21-41(55)49-44(39)57/h8-10,12-13,15-18,27,36,38-40,48H,3-7,11,14,19-26,28-29H2,1-2H3,(H,49,55,57)/t36-,38?,39?,40+/m1/s1. The Hall–Kier alpha value is -5.14. The predicted molar refractivity (Wildman–Crippen MR) is 224 cm³/mol. The molecule has 3 fully saturated rings. The number of piperidine rings is 1. The highest BCUT2D eigenvalue weighted by Crippen LogP contribution is 2.43. The number of amides is 5. The number of carbonyl (C=O) groups is 5. The van der Waals surface area contributed by atoms with Gasteiger partial charge in [-0.15, -0.1) is 0 Å². The second-order valence-electron chi connectivity index (χ2n) is 17.1. The van der Waals surface area contributed by atoms with Gasteiger partial charge in [-0.05, 0) is 93.7 Å². The molecule has 1 aliphatic carbocycles. The molecular weight excluding hydrogens is 750 g/mol. The average Bonchev–Trinajstić information content (AvgIpc) is 3.94. The summed E-state index contributed by atoms with van der Waals surface area (Å²) in [5.41, 5.74) is 5.84. The van der Waals surface area contributed by atoms with Crippen LogP contribution < -0.4 is 15.5 Å². The number of aryl methyl sites for hydroxylation is 1. The Morgan fingerprint density at radius 1 is 0.814 bits per heavy atom. The van der Waals surface area contributed by atoms with Gasteiger partial charge in [-0.2, -0.15) is 0 Å². The van der Waals surface area contributed by atoms with Gasteiger partial charge in [-0.3, -0.25) is 39.1 Å². The quantitative estimate of drug-likeness (QED) is 0.164. The first-order chi connectivity index (χ1) is 28.6. The van der Waals surface area contributed by atoms with Crippen molar-refractivity contribution < 1.29 is 28.4 Å². The number of hydrogen-bond donors (Lipinski definition) is 2. The minimum Gasteiger partial charge on any atom is -0.385 e. The number of hydrogen-bond acceptors (Lipinski definition) is 9. The monoisotopic (exact) mass is 805 g/mol. The number of fused-ring (bicyclic) bond motifs is 2.